The van der Waals surface area contributed by atoms with Gasteiger partial charge < -0.3 is 5.32 Å². The number of halogens is 1. The molecule has 1 N–H and O–H groups in total. The number of carbonyl (C=O) groups excluding carboxylic acids is 1. The van der Waals surface area contributed by atoms with Gasteiger partial charge in [-0.3, -0.25) is 4.79 Å². The Morgan fingerprint density at radius 3 is 1.97 bits per heavy atom. The van der Waals surface area contributed by atoms with Crippen molar-refractivity contribution in [2.45, 2.75) is 38.1 Å². The predicted octanol–water partition coefficient (Wildman–Crippen LogP) is 5.40. The highest BCUT2D eigenvalue weighted by Crippen LogP contribution is 2.28. The molecule has 1 amide bonds. The van der Waals surface area contributed by atoms with Gasteiger partial charge in [-0.1, -0.05) is 78.3 Å². The van der Waals surface area contributed by atoms with Crippen LogP contribution in [0.15, 0.2) is 82.2 Å². The lowest BCUT2D eigenvalue weighted by Gasteiger charge is -2.23. The molecule has 5 nitrogen and oxygen atoms in total. The Balaban J connectivity index is 1.91. The number of carbonyl (C=O) groups is 1. The molecule has 0 saturated carbocycles. The van der Waals surface area contributed by atoms with Gasteiger partial charge in [0.25, 0.3) is 0 Å². The Bertz CT molecular complexity index is 1140. The second kappa shape index (κ2) is 10.9. The summed E-state index contributed by atoms with van der Waals surface area (Å²) >= 11 is 3.52. The van der Waals surface area contributed by atoms with E-state index in [0.29, 0.717) is 0 Å². The molecule has 3 rings (SSSR count). The molecule has 0 fully saturated rings. The van der Waals surface area contributed by atoms with E-state index >= 15 is 0 Å². The summed E-state index contributed by atoms with van der Waals surface area (Å²) in [6.07, 6.45) is 1.50. The molecule has 0 unspecified atom stereocenters. The molecule has 0 spiro atoms. The summed E-state index contributed by atoms with van der Waals surface area (Å²) in [5, 5.41) is 2.98. The molecule has 0 aliphatic carbocycles. The standard InChI is InChI=1S/C25H27BrN2O3S/c1-3-20-15-22(26)16-21(4-2)25(20)27-24(29)18-28(17-19-11-7-5-8-12-19)32(30,31)23-13-9-6-10-14-23/h5-16H,3-4,17-18H2,1-2H3,(H,27,29). The molecule has 0 bridgehead atoms. The number of nitrogens with one attached hydrogen (secondary N) is 1. The lowest BCUT2D eigenvalue weighted by atomic mass is 10.0. The first-order chi connectivity index (χ1) is 15.3. The van der Waals surface area contributed by atoms with Crippen LogP contribution in [0.4, 0.5) is 5.69 Å². The van der Waals surface area contributed by atoms with Gasteiger partial charge in [0.15, 0.2) is 0 Å². The third-order valence-electron chi connectivity index (χ3n) is 5.20. The Morgan fingerprint density at radius 2 is 1.44 bits per heavy atom. The molecule has 0 aliphatic rings. The highest BCUT2D eigenvalue weighted by molar-refractivity contribution is 9.10. The van der Waals surface area contributed by atoms with E-state index in [9.17, 15) is 13.2 Å². The molecule has 3 aromatic carbocycles. The van der Waals surface area contributed by atoms with E-state index < -0.39 is 10.0 Å². The highest BCUT2D eigenvalue weighted by atomic mass is 79.9. The average Bonchev–Trinajstić information content (AvgIpc) is 2.80. The van der Waals surface area contributed by atoms with E-state index in [2.05, 4.69) is 21.2 Å². The molecule has 0 radical (unpaired) electrons. The van der Waals surface area contributed by atoms with E-state index in [1.807, 2.05) is 56.3 Å². The van der Waals surface area contributed by atoms with Crippen molar-refractivity contribution in [3.8, 4) is 0 Å². The Kier molecular flexibility index (Phi) is 8.23. The number of anilines is 1. The van der Waals surface area contributed by atoms with Gasteiger partial charge in [-0.15, -0.1) is 0 Å². The molecule has 3 aromatic rings. The van der Waals surface area contributed by atoms with Crippen LogP contribution in [-0.2, 0) is 34.2 Å². The number of benzene rings is 3. The van der Waals surface area contributed by atoms with Gasteiger partial charge in [-0.05, 0) is 53.8 Å². The Hall–Kier alpha value is -2.48. The van der Waals surface area contributed by atoms with Crippen molar-refractivity contribution in [1.29, 1.82) is 0 Å². The van der Waals surface area contributed by atoms with E-state index in [1.54, 1.807) is 30.3 Å². The van der Waals surface area contributed by atoms with Gasteiger partial charge in [0, 0.05) is 16.7 Å². The number of rotatable bonds is 9. The second-order valence-corrected chi connectivity index (χ2v) is 10.3. The lowest BCUT2D eigenvalue weighted by Crippen LogP contribution is -2.37. The molecular formula is C25H27BrN2O3S. The van der Waals surface area contributed by atoms with Gasteiger partial charge in [0.2, 0.25) is 15.9 Å². The van der Waals surface area contributed by atoms with Crippen LogP contribution in [0, 0.1) is 0 Å². The number of amides is 1. The third-order valence-corrected chi connectivity index (χ3v) is 7.46. The van der Waals surface area contributed by atoms with Crippen LogP contribution >= 0.6 is 15.9 Å². The number of hydrogen-bond donors (Lipinski definition) is 1. The summed E-state index contributed by atoms with van der Waals surface area (Å²) in [7, 11) is -3.86. The fourth-order valence-corrected chi connectivity index (χ4v) is 5.50. The van der Waals surface area contributed by atoms with E-state index in [1.165, 1.54) is 4.31 Å². The fourth-order valence-electron chi connectivity index (χ4n) is 3.54. The number of hydrogen-bond acceptors (Lipinski definition) is 3. The van der Waals surface area contributed by atoms with Crippen LogP contribution < -0.4 is 5.32 Å². The monoisotopic (exact) mass is 514 g/mol. The van der Waals surface area contributed by atoms with E-state index in [4.69, 9.17) is 0 Å². The first-order valence-corrected chi connectivity index (χ1v) is 12.8. The smallest absolute Gasteiger partial charge is 0.243 e. The first-order valence-electron chi connectivity index (χ1n) is 10.6. The summed E-state index contributed by atoms with van der Waals surface area (Å²) in [6.45, 7) is 3.87. The maximum atomic E-state index is 13.4. The van der Waals surface area contributed by atoms with Crippen LogP contribution in [-0.4, -0.2) is 25.2 Å². The summed E-state index contributed by atoms with van der Waals surface area (Å²) in [6, 6.07) is 21.5. The van der Waals surface area contributed by atoms with Gasteiger partial charge in [0.05, 0.1) is 11.4 Å². The summed E-state index contributed by atoms with van der Waals surface area (Å²) in [5.41, 5.74) is 3.59. The average molecular weight is 515 g/mol. The lowest BCUT2D eigenvalue weighted by molar-refractivity contribution is -0.116. The van der Waals surface area contributed by atoms with Crippen LogP contribution in [0.25, 0.3) is 0 Å². The van der Waals surface area contributed by atoms with Crippen LogP contribution in [0.2, 0.25) is 0 Å². The Labute approximate surface area is 198 Å². The normalized spacial score (nSPS) is 11.5. The quantitative estimate of drug-likeness (QED) is 0.415. The molecule has 7 heteroatoms. The molecule has 0 aromatic heterocycles. The summed E-state index contributed by atoms with van der Waals surface area (Å²) in [5.74, 6) is -0.368. The zero-order valence-corrected chi connectivity index (χ0v) is 20.6. The zero-order chi connectivity index (χ0) is 23.1. The first kappa shape index (κ1) is 24.2. The van der Waals surface area contributed by atoms with Crippen LogP contribution in [0.5, 0.6) is 0 Å². The molecule has 0 heterocycles. The molecule has 32 heavy (non-hydrogen) atoms. The minimum atomic E-state index is -3.86. The van der Waals surface area contributed by atoms with E-state index in [0.717, 1.165) is 39.7 Å². The van der Waals surface area contributed by atoms with Crippen molar-refractivity contribution < 1.29 is 13.2 Å². The molecular weight excluding hydrogens is 488 g/mol. The second-order valence-electron chi connectivity index (χ2n) is 7.43. The van der Waals surface area contributed by atoms with Gasteiger partial charge in [-0.25, -0.2) is 8.42 Å². The maximum absolute atomic E-state index is 13.4. The third kappa shape index (κ3) is 5.85. The zero-order valence-electron chi connectivity index (χ0n) is 18.2. The largest absolute Gasteiger partial charge is 0.324 e. The van der Waals surface area contributed by atoms with Crippen molar-refractivity contribution in [3.63, 3.8) is 0 Å². The van der Waals surface area contributed by atoms with Crippen molar-refractivity contribution in [2.75, 3.05) is 11.9 Å². The highest BCUT2D eigenvalue weighted by Gasteiger charge is 2.27. The number of nitrogens with zero attached hydrogens (tertiary/aromatic N) is 1. The molecule has 0 aliphatic heterocycles. The maximum Gasteiger partial charge on any atom is 0.243 e. The van der Waals surface area contributed by atoms with Crippen molar-refractivity contribution in [2.24, 2.45) is 0 Å². The van der Waals surface area contributed by atoms with Gasteiger partial charge >= 0.3 is 0 Å². The number of sulfonamides is 1. The summed E-state index contributed by atoms with van der Waals surface area (Å²) in [4.78, 5) is 13.2. The molecule has 168 valence electrons. The van der Waals surface area contributed by atoms with Gasteiger partial charge in [-0.2, -0.15) is 4.31 Å². The van der Waals surface area contributed by atoms with Gasteiger partial charge in [0.1, 0.15) is 0 Å². The van der Waals surface area contributed by atoms with E-state index in [-0.39, 0.29) is 23.9 Å². The van der Waals surface area contributed by atoms with Crippen LogP contribution in [0.3, 0.4) is 0 Å². The van der Waals surface area contributed by atoms with Crippen molar-refractivity contribution in [3.05, 3.63) is 94.0 Å². The Morgan fingerprint density at radius 1 is 0.906 bits per heavy atom. The number of aryl methyl sites for hydroxylation is 2. The molecule has 0 saturated heterocycles. The minimum absolute atomic E-state index is 0.104. The minimum Gasteiger partial charge on any atom is -0.324 e. The van der Waals surface area contributed by atoms with Crippen molar-refractivity contribution in [1.82, 2.24) is 4.31 Å². The van der Waals surface area contributed by atoms with Crippen molar-refractivity contribution >= 4 is 37.5 Å². The fraction of sp³-hybridized carbons (Fsp3) is 0.240. The topological polar surface area (TPSA) is 66.5 Å². The summed E-state index contributed by atoms with van der Waals surface area (Å²) < 4.78 is 28.9. The SMILES string of the molecule is CCc1cc(Br)cc(CC)c1NC(=O)CN(Cc1ccccc1)S(=O)(=O)c1ccccc1. The van der Waals surface area contributed by atoms with Crippen LogP contribution in [0.1, 0.15) is 30.5 Å². The molecule has 0 atom stereocenters. The predicted molar refractivity (Wildman–Crippen MR) is 132 cm³/mol.